The SMILES string of the molecule is CC(C)N(Cc1ccccc1)S(=O)(=O)C1=C(N2CCOCC2)C(=O)c2ccccc2C1=O. The van der Waals surface area contributed by atoms with E-state index in [-0.39, 0.29) is 23.4 Å². The van der Waals surface area contributed by atoms with E-state index < -0.39 is 32.5 Å². The number of carbonyl (C=O) groups excluding carboxylic acids is 2. The minimum Gasteiger partial charge on any atom is -0.378 e. The molecule has 0 atom stereocenters. The number of hydrogen-bond acceptors (Lipinski definition) is 6. The number of carbonyl (C=O) groups is 2. The second kappa shape index (κ2) is 8.97. The Bertz CT molecular complexity index is 1170. The highest BCUT2D eigenvalue weighted by Gasteiger charge is 2.44. The Morgan fingerprint density at radius 2 is 1.47 bits per heavy atom. The van der Waals surface area contributed by atoms with Crippen LogP contribution in [0.3, 0.4) is 0 Å². The van der Waals surface area contributed by atoms with Crippen LogP contribution in [-0.2, 0) is 21.3 Å². The molecule has 32 heavy (non-hydrogen) atoms. The zero-order valence-electron chi connectivity index (χ0n) is 18.2. The normalized spacial score (nSPS) is 17.3. The molecule has 0 aromatic heterocycles. The molecule has 2 aromatic carbocycles. The van der Waals surface area contributed by atoms with Crippen LogP contribution in [0.1, 0.15) is 40.1 Å². The summed E-state index contributed by atoms with van der Waals surface area (Å²) in [6, 6.07) is 15.2. The molecule has 2 aliphatic rings. The van der Waals surface area contributed by atoms with Gasteiger partial charge >= 0.3 is 0 Å². The van der Waals surface area contributed by atoms with Gasteiger partial charge in [-0.15, -0.1) is 0 Å². The average molecular weight is 455 g/mol. The lowest BCUT2D eigenvalue weighted by molar-refractivity contribution is 0.0498. The van der Waals surface area contributed by atoms with Gasteiger partial charge in [0.15, 0.2) is 4.91 Å². The Hall–Kier alpha value is -2.81. The monoisotopic (exact) mass is 454 g/mol. The number of hydrogen-bond donors (Lipinski definition) is 0. The molecule has 0 spiro atoms. The molecule has 168 valence electrons. The first-order valence-corrected chi connectivity index (χ1v) is 12.1. The van der Waals surface area contributed by atoms with E-state index in [9.17, 15) is 18.0 Å². The number of nitrogens with zero attached hydrogens (tertiary/aromatic N) is 2. The molecule has 1 saturated heterocycles. The lowest BCUT2D eigenvalue weighted by atomic mass is 9.91. The molecule has 2 aromatic rings. The Kier molecular flexibility index (Phi) is 6.28. The van der Waals surface area contributed by atoms with Crippen LogP contribution < -0.4 is 0 Å². The number of ketones is 2. The molecule has 8 heteroatoms. The van der Waals surface area contributed by atoms with Gasteiger partial charge < -0.3 is 9.64 Å². The molecule has 1 heterocycles. The van der Waals surface area contributed by atoms with Crippen LogP contribution in [0.5, 0.6) is 0 Å². The van der Waals surface area contributed by atoms with Crippen LogP contribution in [0.2, 0.25) is 0 Å². The zero-order chi connectivity index (χ0) is 22.9. The topological polar surface area (TPSA) is 84.0 Å². The van der Waals surface area contributed by atoms with Crippen molar-refractivity contribution in [3.05, 3.63) is 81.9 Å². The van der Waals surface area contributed by atoms with Crippen LogP contribution >= 0.6 is 0 Å². The van der Waals surface area contributed by atoms with Crippen molar-refractivity contribution in [1.29, 1.82) is 0 Å². The second-order valence-electron chi connectivity index (χ2n) is 8.11. The van der Waals surface area contributed by atoms with Gasteiger partial charge in [-0.3, -0.25) is 9.59 Å². The summed E-state index contributed by atoms with van der Waals surface area (Å²) in [6.07, 6.45) is 0. The van der Waals surface area contributed by atoms with Crippen molar-refractivity contribution in [2.45, 2.75) is 26.4 Å². The van der Waals surface area contributed by atoms with Gasteiger partial charge in [-0.1, -0.05) is 54.6 Å². The van der Waals surface area contributed by atoms with E-state index in [0.29, 0.717) is 26.3 Å². The van der Waals surface area contributed by atoms with Gasteiger partial charge in [0.2, 0.25) is 21.6 Å². The van der Waals surface area contributed by atoms with Gasteiger partial charge in [0, 0.05) is 36.8 Å². The van der Waals surface area contributed by atoms with Gasteiger partial charge in [-0.25, -0.2) is 8.42 Å². The van der Waals surface area contributed by atoms with E-state index in [1.807, 2.05) is 30.3 Å². The van der Waals surface area contributed by atoms with E-state index in [1.165, 1.54) is 10.4 Å². The molecule has 1 aliphatic carbocycles. The van der Waals surface area contributed by atoms with Crippen LogP contribution in [0, 0.1) is 0 Å². The quantitative estimate of drug-likeness (QED) is 0.667. The molecule has 4 rings (SSSR count). The lowest BCUT2D eigenvalue weighted by Crippen LogP contribution is -2.45. The van der Waals surface area contributed by atoms with E-state index in [0.717, 1.165) is 5.56 Å². The van der Waals surface area contributed by atoms with Crippen molar-refractivity contribution in [1.82, 2.24) is 9.21 Å². The third kappa shape index (κ3) is 4.01. The van der Waals surface area contributed by atoms with Crippen molar-refractivity contribution in [3.8, 4) is 0 Å². The standard InChI is InChI=1S/C24H26N2O5S/c1-17(2)26(16-18-8-4-3-5-9-18)32(29,30)24-21(25-12-14-31-15-13-25)22(27)19-10-6-7-11-20(19)23(24)28/h3-11,17H,12-16H2,1-2H3. The molecule has 7 nitrogen and oxygen atoms in total. The molecular weight excluding hydrogens is 428 g/mol. The fourth-order valence-electron chi connectivity index (χ4n) is 4.08. The Balaban J connectivity index is 1.88. The van der Waals surface area contributed by atoms with E-state index in [2.05, 4.69) is 0 Å². The predicted octanol–water partition coefficient (Wildman–Crippen LogP) is 2.85. The maximum absolute atomic E-state index is 14.0. The average Bonchev–Trinajstić information content (AvgIpc) is 2.80. The van der Waals surface area contributed by atoms with Crippen molar-refractivity contribution in [2.24, 2.45) is 0 Å². The molecule has 1 aliphatic heterocycles. The number of Topliss-reactive ketones (excluding diaryl/α,β-unsaturated/α-hetero) is 2. The Labute approximate surface area is 188 Å². The number of rotatable bonds is 6. The van der Waals surface area contributed by atoms with Gasteiger partial charge in [0.1, 0.15) is 5.70 Å². The number of allylic oxidation sites excluding steroid dienone is 2. The van der Waals surface area contributed by atoms with Crippen LogP contribution in [0.25, 0.3) is 0 Å². The molecule has 0 saturated carbocycles. The maximum atomic E-state index is 14.0. The van der Waals surface area contributed by atoms with Crippen LogP contribution in [0.15, 0.2) is 65.2 Å². The summed E-state index contributed by atoms with van der Waals surface area (Å²) in [5.74, 6) is -1.08. The van der Waals surface area contributed by atoms with Gasteiger partial charge in [-0.05, 0) is 19.4 Å². The third-order valence-corrected chi connectivity index (χ3v) is 7.77. The van der Waals surface area contributed by atoms with Crippen LogP contribution in [0.4, 0.5) is 0 Å². The largest absolute Gasteiger partial charge is 0.378 e. The first kappa shape index (κ1) is 22.4. The summed E-state index contributed by atoms with van der Waals surface area (Å²) in [6.45, 7) is 5.03. The summed E-state index contributed by atoms with van der Waals surface area (Å²) < 4.78 is 34.7. The first-order valence-electron chi connectivity index (χ1n) is 10.6. The number of benzene rings is 2. The summed E-state index contributed by atoms with van der Waals surface area (Å²) >= 11 is 0. The molecule has 0 unspecified atom stereocenters. The van der Waals surface area contributed by atoms with Crippen molar-refractivity contribution < 1.29 is 22.7 Å². The molecule has 0 radical (unpaired) electrons. The van der Waals surface area contributed by atoms with E-state index in [4.69, 9.17) is 4.74 Å². The lowest BCUT2D eigenvalue weighted by Gasteiger charge is -2.35. The van der Waals surface area contributed by atoms with Crippen LogP contribution in [-0.4, -0.2) is 61.5 Å². The third-order valence-electron chi connectivity index (χ3n) is 5.70. The molecule has 0 amide bonds. The number of morpholine rings is 1. The fraction of sp³-hybridized carbons (Fsp3) is 0.333. The number of ether oxygens (including phenoxy) is 1. The van der Waals surface area contributed by atoms with Gasteiger partial charge in [-0.2, -0.15) is 4.31 Å². The highest BCUT2D eigenvalue weighted by atomic mass is 32.2. The van der Waals surface area contributed by atoms with Crippen molar-refractivity contribution in [3.63, 3.8) is 0 Å². The smallest absolute Gasteiger partial charge is 0.249 e. The highest BCUT2D eigenvalue weighted by Crippen LogP contribution is 2.34. The summed E-state index contributed by atoms with van der Waals surface area (Å²) in [5, 5.41) is 0. The molecule has 0 bridgehead atoms. The van der Waals surface area contributed by atoms with Crippen molar-refractivity contribution in [2.75, 3.05) is 26.3 Å². The maximum Gasteiger partial charge on any atom is 0.249 e. The predicted molar refractivity (Wildman–Crippen MR) is 121 cm³/mol. The fourth-order valence-corrected chi connectivity index (χ4v) is 6.00. The summed E-state index contributed by atoms with van der Waals surface area (Å²) in [7, 11) is -4.28. The minimum atomic E-state index is -4.28. The van der Waals surface area contributed by atoms with Crippen molar-refractivity contribution >= 4 is 21.6 Å². The van der Waals surface area contributed by atoms with E-state index >= 15 is 0 Å². The van der Waals surface area contributed by atoms with E-state index in [1.54, 1.807) is 36.9 Å². The molecule has 1 fully saturated rings. The highest BCUT2D eigenvalue weighted by molar-refractivity contribution is 7.94. The number of sulfonamides is 1. The Morgan fingerprint density at radius 3 is 2.06 bits per heavy atom. The Morgan fingerprint density at radius 1 is 0.906 bits per heavy atom. The number of fused-ring (bicyclic) bond motifs is 1. The summed E-state index contributed by atoms with van der Waals surface area (Å²) in [4.78, 5) is 28.3. The first-order chi connectivity index (χ1) is 15.3. The molecular formula is C24H26N2O5S. The molecule has 0 N–H and O–H groups in total. The van der Waals surface area contributed by atoms with Gasteiger partial charge in [0.25, 0.3) is 0 Å². The summed E-state index contributed by atoms with van der Waals surface area (Å²) in [5.41, 5.74) is 1.11. The second-order valence-corrected chi connectivity index (χ2v) is 9.94. The zero-order valence-corrected chi connectivity index (χ0v) is 19.0. The minimum absolute atomic E-state index is 0.0456. The van der Waals surface area contributed by atoms with Gasteiger partial charge in [0.05, 0.1) is 13.2 Å².